The highest BCUT2D eigenvalue weighted by Crippen LogP contribution is 2.21. The lowest BCUT2D eigenvalue weighted by Crippen LogP contribution is -2.16. The van der Waals surface area contributed by atoms with Crippen molar-refractivity contribution in [3.63, 3.8) is 0 Å². The third-order valence-electron chi connectivity index (χ3n) is 4.61. The van der Waals surface area contributed by atoms with Crippen LogP contribution in [0.1, 0.15) is 23.9 Å². The summed E-state index contributed by atoms with van der Waals surface area (Å²) in [5.41, 5.74) is 2.50. The summed E-state index contributed by atoms with van der Waals surface area (Å²) in [6.07, 6.45) is 2.71. The molecule has 1 aromatic heterocycles. The van der Waals surface area contributed by atoms with E-state index in [1.807, 2.05) is 35.8 Å². The van der Waals surface area contributed by atoms with E-state index in [-0.39, 0.29) is 18.3 Å². The second-order valence-corrected chi connectivity index (χ2v) is 7.82. The van der Waals surface area contributed by atoms with Crippen LogP contribution in [0.3, 0.4) is 0 Å². The Morgan fingerprint density at radius 1 is 1.26 bits per heavy atom. The summed E-state index contributed by atoms with van der Waals surface area (Å²) >= 11 is 1.25. The number of allylic oxidation sites excluding steroid dienone is 1. The van der Waals surface area contributed by atoms with Crippen molar-refractivity contribution in [3.8, 4) is 5.75 Å². The number of aromatic nitrogens is 3. The fourth-order valence-corrected chi connectivity index (χ4v) is 3.63. The largest absolute Gasteiger partial charge is 0.486 e. The molecule has 0 aliphatic carbocycles. The van der Waals surface area contributed by atoms with Crippen molar-refractivity contribution in [2.75, 3.05) is 11.1 Å². The van der Waals surface area contributed by atoms with Crippen molar-refractivity contribution in [1.82, 2.24) is 14.8 Å². The molecule has 2 aromatic carbocycles. The van der Waals surface area contributed by atoms with Gasteiger partial charge in [-0.2, -0.15) is 0 Å². The molecule has 0 saturated heterocycles. The normalized spacial score (nSPS) is 10.7. The molecule has 0 radical (unpaired) electrons. The molecular weight excluding hydrogens is 415 g/mol. The van der Waals surface area contributed by atoms with Crippen LogP contribution in [0.15, 0.2) is 60.3 Å². The highest BCUT2D eigenvalue weighted by molar-refractivity contribution is 7.99. The van der Waals surface area contributed by atoms with E-state index < -0.39 is 5.82 Å². The van der Waals surface area contributed by atoms with E-state index in [9.17, 15) is 9.18 Å². The molecule has 1 N–H and O–H groups in total. The van der Waals surface area contributed by atoms with E-state index in [4.69, 9.17) is 4.74 Å². The summed E-state index contributed by atoms with van der Waals surface area (Å²) in [7, 11) is 0. The van der Waals surface area contributed by atoms with Gasteiger partial charge in [-0.05, 0) is 48.7 Å². The van der Waals surface area contributed by atoms with E-state index in [1.54, 1.807) is 12.1 Å². The van der Waals surface area contributed by atoms with Crippen LogP contribution in [-0.2, 0) is 24.4 Å². The number of halogens is 1. The molecule has 31 heavy (non-hydrogen) atoms. The van der Waals surface area contributed by atoms with Crippen LogP contribution in [0.2, 0.25) is 0 Å². The summed E-state index contributed by atoms with van der Waals surface area (Å²) in [5, 5.41) is 11.7. The van der Waals surface area contributed by atoms with E-state index in [0.717, 1.165) is 17.7 Å². The summed E-state index contributed by atoms with van der Waals surface area (Å²) in [6, 6.07) is 12.2. The highest BCUT2D eigenvalue weighted by Gasteiger charge is 2.15. The molecule has 1 heterocycles. The van der Waals surface area contributed by atoms with Gasteiger partial charge >= 0.3 is 0 Å². The maximum absolute atomic E-state index is 13.4. The van der Waals surface area contributed by atoms with Gasteiger partial charge in [0.1, 0.15) is 18.2 Å². The van der Waals surface area contributed by atoms with Crippen LogP contribution in [-0.4, -0.2) is 26.4 Å². The predicted molar refractivity (Wildman–Crippen MR) is 121 cm³/mol. The molecule has 1 amide bonds. The molecule has 6 nitrogen and oxygen atoms in total. The highest BCUT2D eigenvalue weighted by atomic mass is 32.2. The third-order valence-corrected chi connectivity index (χ3v) is 5.58. The molecule has 0 unspecified atom stereocenters. The Morgan fingerprint density at radius 3 is 2.74 bits per heavy atom. The second kappa shape index (κ2) is 10.8. The zero-order valence-electron chi connectivity index (χ0n) is 17.6. The van der Waals surface area contributed by atoms with Crippen molar-refractivity contribution < 1.29 is 13.9 Å². The molecule has 162 valence electrons. The number of carbonyl (C=O) groups excluding carboxylic acids is 1. The number of hydrogen-bond donors (Lipinski definition) is 1. The van der Waals surface area contributed by atoms with Crippen LogP contribution < -0.4 is 10.1 Å². The standard InChI is InChI=1S/C23H25FN4O2S/c1-4-12-28-21(14-30-19-10-7-17(5-2)8-11-19)26-27-23(28)31-15-22(29)25-20-13-18(24)9-6-16(20)3/h4,6-11,13H,1,5,12,14-15H2,2-3H3,(H,25,29). The molecule has 0 saturated carbocycles. The quantitative estimate of drug-likeness (QED) is 0.363. The van der Waals surface area contributed by atoms with Crippen LogP contribution >= 0.6 is 11.8 Å². The molecule has 3 rings (SSSR count). The average Bonchev–Trinajstić information content (AvgIpc) is 3.15. The maximum atomic E-state index is 13.4. The number of anilines is 1. The van der Waals surface area contributed by atoms with Crippen molar-refractivity contribution in [2.24, 2.45) is 0 Å². The van der Waals surface area contributed by atoms with E-state index >= 15 is 0 Å². The average molecular weight is 441 g/mol. The molecule has 0 bridgehead atoms. The lowest BCUT2D eigenvalue weighted by molar-refractivity contribution is -0.113. The maximum Gasteiger partial charge on any atom is 0.234 e. The topological polar surface area (TPSA) is 69.0 Å². The molecule has 0 aliphatic rings. The molecule has 0 atom stereocenters. The Kier molecular flexibility index (Phi) is 7.83. The monoisotopic (exact) mass is 440 g/mol. The number of thioether (sulfide) groups is 1. The molecule has 3 aromatic rings. The van der Waals surface area contributed by atoms with Gasteiger partial charge in [0.15, 0.2) is 11.0 Å². The zero-order chi connectivity index (χ0) is 22.2. The number of benzene rings is 2. The van der Waals surface area contributed by atoms with Gasteiger partial charge in [0.25, 0.3) is 0 Å². The van der Waals surface area contributed by atoms with E-state index in [0.29, 0.717) is 23.2 Å². The number of nitrogens with one attached hydrogen (secondary N) is 1. The summed E-state index contributed by atoms with van der Waals surface area (Å²) in [5.74, 6) is 0.867. The second-order valence-electron chi connectivity index (χ2n) is 6.88. The molecule has 8 heteroatoms. The van der Waals surface area contributed by atoms with Gasteiger partial charge in [0.2, 0.25) is 5.91 Å². The number of ether oxygens (including phenoxy) is 1. The Hall–Kier alpha value is -3.13. The van der Waals surface area contributed by atoms with Gasteiger partial charge < -0.3 is 10.1 Å². The first kappa shape index (κ1) is 22.6. The number of aryl methyl sites for hydroxylation is 2. The lowest BCUT2D eigenvalue weighted by atomic mass is 10.2. The third kappa shape index (κ3) is 6.18. The Morgan fingerprint density at radius 2 is 2.03 bits per heavy atom. The smallest absolute Gasteiger partial charge is 0.234 e. The minimum atomic E-state index is -0.395. The van der Waals surface area contributed by atoms with E-state index in [2.05, 4.69) is 29.0 Å². The summed E-state index contributed by atoms with van der Waals surface area (Å²) in [6.45, 7) is 8.44. The predicted octanol–water partition coefficient (Wildman–Crippen LogP) is 4.78. The van der Waals surface area contributed by atoms with Gasteiger partial charge in [0.05, 0.1) is 5.75 Å². The van der Waals surface area contributed by atoms with Crippen LogP contribution in [0.5, 0.6) is 5.75 Å². The van der Waals surface area contributed by atoms with Gasteiger partial charge in [-0.3, -0.25) is 9.36 Å². The summed E-state index contributed by atoms with van der Waals surface area (Å²) in [4.78, 5) is 12.3. The van der Waals surface area contributed by atoms with Crippen molar-refractivity contribution in [1.29, 1.82) is 0 Å². The van der Waals surface area contributed by atoms with Crippen molar-refractivity contribution in [2.45, 2.75) is 38.6 Å². The van der Waals surface area contributed by atoms with Crippen molar-refractivity contribution >= 4 is 23.4 Å². The zero-order valence-corrected chi connectivity index (χ0v) is 18.4. The molecular formula is C23H25FN4O2S. The number of rotatable bonds is 10. The van der Waals surface area contributed by atoms with Crippen molar-refractivity contribution in [3.05, 3.63) is 77.9 Å². The number of nitrogens with zero attached hydrogens (tertiary/aromatic N) is 3. The van der Waals surface area contributed by atoms with Crippen LogP contribution in [0.25, 0.3) is 0 Å². The van der Waals surface area contributed by atoms with Crippen LogP contribution in [0.4, 0.5) is 10.1 Å². The van der Waals surface area contributed by atoms with Gasteiger partial charge in [-0.1, -0.05) is 43.0 Å². The Balaban J connectivity index is 1.61. The minimum absolute atomic E-state index is 0.116. The van der Waals surface area contributed by atoms with Gasteiger partial charge in [-0.15, -0.1) is 16.8 Å². The minimum Gasteiger partial charge on any atom is -0.486 e. The molecule has 0 aliphatic heterocycles. The molecule has 0 spiro atoms. The number of amides is 1. The molecule has 0 fully saturated rings. The number of hydrogen-bond acceptors (Lipinski definition) is 5. The van der Waals surface area contributed by atoms with Gasteiger partial charge in [0, 0.05) is 12.2 Å². The fourth-order valence-electron chi connectivity index (χ4n) is 2.86. The number of carbonyl (C=O) groups is 1. The first-order valence-electron chi connectivity index (χ1n) is 9.93. The van der Waals surface area contributed by atoms with Crippen LogP contribution in [0, 0.1) is 12.7 Å². The summed E-state index contributed by atoms with van der Waals surface area (Å²) < 4.78 is 21.1. The fraction of sp³-hybridized carbons (Fsp3) is 0.261. The van der Waals surface area contributed by atoms with E-state index in [1.165, 1.54) is 29.5 Å². The first-order chi connectivity index (χ1) is 15.0. The SMILES string of the molecule is C=CCn1c(COc2ccc(CC)cc2)nnc1SCC(=O)Nc1cc(F)ccc1C. The lowest BCUT2D eigenvalue weighted by Gasteiger charge is -2.10. The first-order valence-corrected chi connectivity index (χ1v) is 10.9. The Bertz CT molecular complexity index is 1050. The Labute approximate surface area is 185 Å². The van der Waals surface area contributed by atoms with Gasteiger partial charge in [-0.25, -0.2) is 4.39 Å².